The number of nitrogens with one attached hydrogen (secondary N) is 2. The molecule has 2 atom stereocenters. The van der Waals surface area contributed by atoms with Crippen molar-refractivity contribution in [3.05, 3.63) is 35.9 Å². The van der Waals surface area contributed by atoms with E-state index in [1.54, 1.807) is 0 Å². The number of rotatable bonds is 9. The maximum absolute atomic E-state index is 11.4. The number of carbonyl (C=O) groups is 1. The van der Waals surface area contributed by atoms with E-state index in [-0.39, 0.29) is 35.8 Å². The first-order chi connectivity index (χ1) is 14.7. The summed E-state index contributed by atoms with van der Waals surface area (Å²) in [7, 11) is 1.82. The Hall–Kier alpha value is -1.39. The molecule has 1 aromatic rings. The Kier molecular flexibility index (Phi) is 11.6. The van der Waals surface area contributed by atoms with Gasteiger partial charge in [-0.15, -0.1) is 24.0 Å². The molecule has 2 saturated heterocycles. The number of likely N-dealkylation sites (tertiary alicyclic amines) is 2. The van der Waals surface area contributed by atoms with Crippen molar-refractivity contribution in [3.63, 3.8) is 0 Å². The number of piperidine rings is 1. The van der Waals surface area contributed by atoms with Gasteiger partial charge < -0.3 is 21.3 Å². The Labute approximate surface area is 204 Å². The second-order valence-electron chi connectivity index (χ2n) is 8.45. The van der Waals surface area contributed by atoms with Crippen LogP contribution in [0.4, 0.5) is 0 Å². The minimum absolute atomic E-state index is 0. The van der Waals surface area contributed by atoms with E-state index in [4.69, 9.17) is 5.73 Å². The summed E-state index contributed by atoms with van der Waals surface area (Å²) in [6, 6.07) is 11.1. The van der Waals surface area contributed by atoms with Gasteiger partial charge in [0, 0.05) is 26.7 Å². The molecule has 2 unspecified atom stereocenters. The molecule has 174 valence electrons. The van der Waals surface area contributed by atoms with Gasteiger partial charge >= 0.3 is 0 Å². The van der Waals surface area contributed by atoms with Gasteiger partial charge in [0.25, 0.3) is 0 Å². The third-order valence-corrected chi connectivity index (χ3v) is 6.30. The number of benzene rings is 1. The van der Waals surface area contributed by atoms with Crippen molar-refractivity contribution in [2.75, 3.05) is 52.9 Å². The standard InChI is InChI=1S/C23H38N6O.HI/c1-25-23(26-12-8-14-28-13-7-11-20(18-28)22(24)30)27-17-21(29-15-5-6-16-29)19-9-3-2-4-10-19;/h2-4,9-10,20-21H,5-8,11-18H2,1H3,(H2,24,30)(H2,25,26,27);1H. The average Bonchev–Trinajstić information content (AvgIpc) is 3.31. The topological polar surface area (TPSA) is 86.0 Å². The van der Waals surface area contributed by atoms with Crippen LogP contribution in [-0.2, 0) is 4.79 Å². The van der Waals surface area contributed by atoms with Crippen LogP contribution in [0.1, 0.15) is 43.7 Å². The molecule has 0 radical (unpaired) electrons. The molecule has 8 heteroatoms. The lowest BCUT2D eigenvalue weighted by Gasteiger charge is -2.31. The monoisotopic (exact) mass is 542 g/mol. The smallest absolute Gasteiger partial charge is 0.221 e. The van der Waals surface area contributed by atoms with Crippen molar-refractivity contribution in [2.45, 2.75) is 38.1 Å². The maximum atomic E-state index is 11.4. The van der Waals surface area contributed by atoms with Crippen LogP contribution in [0.2, 0.25) is 0 Å². The zero-order chi connectivity index (χ0) is 21.2. The highest BCUT2D eigenvalue weighted by Crippen LogP contribution is 2.24. The lowest BCUT2D eigenvalue weighted by molar-refractivity contribution is -0.123. The van der Waals surface area contributed by atoms with Gasteiger partial charge in [-0.3, -0.25) is 14.7 Å². The van der Waals surface area contributed by atoms with Gasteiger partial charge in [-0.25, -0.2) is 0 Å². The molecular formula is C23H39IN6O. The lowest BCUT2D eigenvalue weighted by atomic mass is 9.97. The van der Waals surface area contributed by atoms with Crippen LogP contribution in [0, 0.1) is 5.92 Å². The molecule has 1 amide bonds. The van der Waals surface area contributed by atoms with E-state index in [9.17, 15) is 4.79 Å². The van der Waals surface area contributed by atoms with Crippen molar-refractivity contribution in [3.8, 4) is 0 Å². The predicted octanol–water partition coefficient (Wildman–Crippen LogP) is 2.19. The number of guanidine groups is 1. The van der Waals surface area contributed by atoms with Gasteiger partial charge in [-0.1, -0.05) is 30.3 Å². The number of halogens is 1. The molecule has 1 aromatic carbocycles. The molecule has 2 heterocycles. The fourth-order valence-electron chi connectivity index (χ4n) is 4.60. The van der Waals surface area contributed by atoms with Crippen molar-refractivity contribution in [2.24, 2.45) is 16.6 Å². The highest BCUT2D eigenvalue weighted by molar-refractivity contribution is 14.0. The molecule has 0 aliphatic carbocycles. The molecule has 3 rings (SSSR count). The first-order valence-corrected chi connectivity index (χ1v) is 11.4. The highest BCUT2D eigenvalue weighted by Gasteiger charge is 2.24. The van der Waals surface area contributed by atoms with Crippen LogP contribution in [0.3, 0.4) is 0 Å². The van der Waals surface area contributed by atoms with Crippen LogP contribution in [0.25, 0.3) is 0 Å². The van der Waals surface area contributed by atoms with E-state index in [0.717, 1.165) is 71.0 Å². The molecule has 2 aliphatic heterocycles. The number of hydrogen-bond donors (Lipinski definition) is 3. The average molecular weight is 543 g/mol. The van der Waals surface area contributed by atoms with E-state index < -0.39 is 0 Å². The molecule has 0 saturated carbocycles. The Morgan fingerprint density at radius 1 is 1.16 bits per heavy atom. The van der Waals surface area contributed by atoms with Crippen LogP contribution >= 0.6 is 24.0 Å². The maximum Gasteiger partial charge on any atom is 0.221 e. The van der Waals surface area contributed by atoms with Gasteiger partial charge in [-0.05, 0) is 63.8 Å². The molecule has 31 heavy (non-hydrogen) atoms. The van der Waals surface area contributed by atoms with Crippen molar-refractivity contribution in [1.82, 2.24) is 20.4 Å². The summed E-state index contributed by atoms with van der Waals surface area (Å²) in [4.78, 5) is 20.8. The summed E-state index contributed by atoms with van der Waals surface area (Å²) >= 11 is 0. The van der Waals surface area contributed by atoms with Crippen molar-refractivity contribution in [1.29, 1.82) is 0 Å². The molecule has 0 bridgehead atoms. The minimum Gasteiger partial charge on any atom is -0.369 e. The zero-order valence-electron chi connectivity index (χ0n) is 18.8. The third kappa shape index (κ3) is 8.23. The van der Waals surface area contributed by atoms with Gasteiger partial charge in [0.1, 0.15) is 0 Å². The van der Waals surface area contributed by atoms with Crippen molar-refractivity contribution < 1.29 is 4.79 Å². The molecular weight excluding hydrogens is 503 g/mol. The molecule has 0 spiro atoms. The highest BCUT2D eigenvalue weighted by atomic mass is 127. The zero-order valence-corrected chi connectivity index (χ0v) is 21.1. The number of nitrogens with two attached hydrogens (primary N) is 1. The minimum atomic E-state index is -0.159. The first-order valence-electron chi connectivity index (χ1n) is 11.4. The summed E-state index contributed by atoms with van der Waals surface area (Å²) in [6.07, 6.45) is 5.56. The van der Waals surface area contributed by atoms with Crippen molar-refractivity contribution >= 4 is 35.8 Å². The van der Waals surface area contributed by atoms with E-state index in [2.05, 4.69) is 55.8 Å². The van der Waals surface area contributed by atoms with Gasteiger partial charge in [0.15, 0.2) is 5.96 Å². The number of nitrogens with zero attached hydrogens (tertiary/aromatic N) is 3. The van der Waals surface area contributed by atoms with Crippen LogP contribution in [0.5, 0.6) is 0 Å². The molecule has 0 aromatic heterocycles. The first kappa shape index (κ1) is 25.9. The van der Waals surface area contributed by atoms with Crippen LogP contribution < -0.4 is 16.4 Å². The largest absolute Gasteiger partial charge is 0.369 e. The molecule has 4 N–H and O–H groups in total. The second-order valence-corrected chi connectivity index (χ2v) is 8.45. The number of aliphatic imine (C=N–C) groups is 1. The van der Waals surface area contributed by atoms with Gasteiger partial charge in [-0.2, -0.15) is 0 Å². The SMILES string of the molecule is CN=C(NCCCN1CCCC(C(N)=O)C1)NCC(c1ccccc1)N1CCCC1.I. The summed E-state index contributed by atoms with van der Waals surface area (Å²) in [5, 5.41) is 6.97. The molecule has 7 nitrogen and oxygen atoms in total. The Balaban J connectivity index is 0.00000341. The molecule has 2 fully saturated rings. The van der Waals surface area contributed by atoms with E-state index in [1.807, 2.05) is 7.05 Å². The Bertz CT molecular complexity index is 680. The van der Waals surface area contributed by atoms with E-state index in [1.165, 1.54) is 18.4 Å². The summed E-state index contributed by atoms with van der Waals surface area (Å²) < 4.78 is 0. The Morgan fingerprint density at radius 2 is 1.90 bits per heavy atom. The fourth-order valence-corrected chi connectivity index (χ4v) is 4.60. The Morgan fingerprint density at radius 3 is 2.58 bits per heavy atom. The molecule has 2 aliphatic rings. The summed E-state index contributed by atoms with van der Waals surface area (Å²) in [5.41, 5.74) is 6.84. The second kappa shape index (κ2) is 13.9. The van der Waals surface area contributed by atoms with Gasteiger partial charge in [0.05, 0.1) is 12.0 Å². The third-order valence-electron chi connectivity index (χ3n) is 6.30. The quantitative estimate of drug-likeness (QED) is 0.193. The number of carbonyl (C=O) groups excluding carboxylic acids is 1. The van der Waals surface area contributed by atoms with Crippen LogP contribution in [0.15, 0.2) is 35.3 Å². The number of primary amides is 1. The summed E-state index contributed by atoms with van der Waals surface area (Å²) in [5.74, 6) is 0.707. The normalized spacial score (nSPS) is 21.3. The van der Waals surface area contributed by atoms with Gasteiger partial charge in [0.2, 0.25) is 5.91 Å². The number of amides is 1. The lowest BCUT2D eigenvalue weighted by Crippen LogP contribution is -2.44. The number of hydrogen-bond acceptors (Lipinski definition) is 4. The fraction of sp³-hybridized carbons (Fsp3) is 0.652. The van der Waals surface area contributed by atoms with E-state index in [0.29, 0.717) is 6.04 Å². The summed E-state index contributed by atoms with van der Waals surface area (Å²) in [6.45, 7) is 6.87. The van der Waals surface area contributed by atoms with E-state index >= 15 is 0 Å². The van der Waals surface area contributed by atoms with Crippen LogP contribution in [-0.4, -0.2) is 74.5 Å². The predicted molar refractivity (Wildman–Crippen MR) is 138 cm³/mol.